The summed E-state index contributed by atoms with van der Waals surface area (Å²) in [6.45, 7) is 4.04. The number of methoxy groups -OCH3 is 1. The summed E-state index contributed by atoms with van der Waals surface area (Å²) in [7, 11) is 1.53. The molecule has 0 fully saturated rings. The molecule has 2 aromatic carbocycles. The molecule has 2 rings (SSSR count). The van der Waals surface area contributed by atoms with Crippen molar-refractivity contribution in [3.8, 4) is 5.75 Å². The fraction of sp³-hybridized carbons (Fsp3) is 0.222. The van der Waals surface area contributed by atoms with E-state index in [0.29, 0.717) is 11.3 Å². The molecule has 2 aromatic rings. The molecule has 0 unspecified atom stereocenters. The topological polar surface area (TPSA) is 79.5 Å². The predicted molar refractivity (Wildman–Crippen MR) is 93.0 cm³/mol. The Morgan fingerprint density at radius 3 is 2.54 bits per heavy atom. The largest absolute Gasteiger partial charge is 0.497 e. The lowest BCUT2D eigenvalue weighted by atomic mass is 10.1. The molecule has 6 heteroatoms. The highest BCUT2D eigenvalue weighted by molar-refractivity contribution is 5.96. The molecule has 0 atom stereocenters. The standard InChI is InChI=1S/C18H21N3O3/c1-12-7-8-16(13(2)9-12)19-11-17(22)20-21-18(23)14-5-4-6-15(10-14)24-3/h4-10,19H,11H2,1-3H3,(H,20,22)(H,21,23). The lowest BCUT2D eigenvalue weighted by Gasteiger charge is -2.11. The number of hydrogen-bond donors (Lipinski definition) is 3. The number of anilines is 1. The van der Waals surface area contributed by atoms with E-state index in [-0.39, 0.29) is 12.5 Å². The maximum Gasteiger partial charge on any atom is 0.269 e. The van der Waals surface area contributed by atoms with E-state index >= 15 is 0 Å². The highest BCUT2D eigenvalue weighted by Gasteiger charge is 2.08. The van der Waals surface area contributed by atoms with Crippen molar-refractivity contribution in [1.29, 1.82) is 0 Å². The number of nitrogens with one attached hydrogen (secondary N) is 3. The minimum atomic E-state index is -0.409. The van der Waals surface area contributed by atoms with Gasteiger partial charge in [-0.1, -0.05) is 23.8 Å². The van der Waals surface area contributed by atoms with Gasteiger partial charge < -0.3 is 10.1 Å². The molecule has 0 saturated heterocycles. The Labute approximate surface area is 141 Å². The van der Waals surface area contributed by atoms with Crippen LogP contribution in [-0.2, 0) is 4.79 Å². The van der Waals surface area contributed by atoms with Crippen LogP contribution in [0.5, 0.6) is 5.75 Å². The first kappa shape index (κ1) is 17.3. The van der Waals surface area contributed by atoms with Crippen LogP contribution in [0, 0.1) is 13.8 Å². The number of carbonyl (C=O) groups excluding carboxylic acids is 2. The number of amides is 2. The second-order valence-corrected chi connectivity index (χ2v) is 5.41. The van der Waals surface area contributed by atoms with E-state index in [0.717, 1.165) is 16.8 Å². The highest BCUT2D eigenvalue weighted by Crippen LogP contribution is 2.15. The van der Waals surface area contributed by atoms with Gasteiger partial charge in [0.2, 0.25) is 0 Å². The number of hydrazine groups is 1. The van der Waals surface area contributed by atoms with Gasteiger partial charge in [0, 0.05) is 11.3 Å². The second-order valence-electron chi connectivity index (χ2n) is 5.41. The van der Waals surface area contributed by atoms with Gasteiger partial charge in [-0.25, -0.2) is 0 Å². The summed E-state index contributed by atoms with van der Waals surface area (Å²) in [5.41, 5.74) is 8.26. The molecule has 24 heavy (non-hydrogen) atoms. The molecule has 0 aliphatic heterocycles. The molecule has 0 saturated carbocycles. The lowest BCUT2D eigenvalue weighted by molar-refractivity contribution is -0.120. The van der Waals surface area contributed by atoms with Gasteiger partial charge >= 0.3 is 0 Å². The van der Waals surface area contributed by atoms with Crippen LogP contribution in [0.25, 0.3) is 0 Å². The molecule has 0 aromatic heterocycles. The Bertz CT molecular complexity index is 744. The van der Waals surface area contributed by atoms with Crippen LogP contribution in [0.1, 0.15) is 21.5 Å². The fourth-order valence-electron chi connectivity index (χ4n) is 2.19. The molecule has 0 heterocycles. The van der Waals surface area contributed by atoms with E-state index in [4.69, 9.17) is 4.74 Å². The van der Waals surface area contributed by atoms with Crippen molar-refractivity contribution in [2.45, 2.75) is 13.8 Å². The van der Waals surface area contributed by atoms with Gasteiger partial charge in [0.05, 0.1) is 13.7 Å². The number of ether oxygens (including phenoxy) is 1. The van der Waals surface area contributed by atoms with E-state index < -0.39 is 5.91 Å². The Kier molecular flexibility index (Phi) is 5.78. The zero-order chi connectivity index (χ0) is 17.5. The first-order valence-corrected chi connectivity index (χ1v) is 7.54. The summed E-state index contributed by atoms with van der Waals surface area (Å²) < 4.78 is 5.06. The van der Waals surface area contributed by atoms with Gasteiger partial charge in [0.25, 0.3) is 11.8 Å². The van der Waals surface area contributed by atoms with E-state index in [1.807, 2.05) is 32.0 Å². The predicted octanol–water partition coefficient (Wildman–Crippen LogP) is 2.19. The summed E-state index contributed by atoms with van der Waals surface area (Å²) in [5.74, 6) is -0.175. The van der Waals surface area contributed by atoms with E-state index in [9.17, 15) is 9.59 Å². The summed E-state index contributed by atoms with van der Waals surface area (Å²) in [5, 5.41) is 3.04. The Hall–Kier alpha value is -3.02. The van der Waals surface area contributed by atoms with Crippen molar-refractivity contribution in [2.24, 2.45) is 0 Å². The molecule has 126 valence electrons. The number of aryl methyl sites for hydroxylation is 2. The molecule has 0 spiro atoms. The van der Waals surface area contributed by atoms with Crippen LogP contribution in [-0.4, -0.2) is 25.5 Å². The Morgan fingerprint density at radius 1 is 1.04 bits per heavy atom. The summed E-state index contributed by atoms with van der Waals surface area (Å²) >= 11 is 0. The van der Waals surface area contributed by atoms with Crippen molar-refractivity contribution in [2.75, 3.05) is 19.0 Å². The maximum atomic E-state index is 12.0. The normalized spacial score (nSPS) is 9.96. The summed E-state index contributed by atoms with van der Waals surface area (Å²) in [4.78, 5) is 23.8. The first-order valence-electron chi connectivity index (χ1n) is 7.54. The maximum absolute atomic E-state index is 12.0. The average Bonchev–Trinajstić information content (AvgIpc) is 2.59. The fourth-order valence-corrected chi connectivity index (χ4v) is 2.19. The van der Waals surface area contributed by atoms with Crippen LogP contribution in [0.4, 0.5) is 5.69 Å². The number of rotatable bonds is 5. The SMILES string of the molecule is COc1cccc(C(=O)NNC(=O)CNc2ccc(C)cc2C)c1. The molecule has 0 bridgehead atoms. The molecule has 2 amide bonds. The monoisotopic (exact) mass is 327 g/mol. The Balaban J connectivity index is 1.83. The van der Waals surface area contributed by atoms with Crippen molar-refractivity contribution in [1.82, 2.24) is 10.9 Å². The molecule has 6 nitrogen and oxygen atoms in total. The minimum absolute atomic E-state index is 0.0578. The van der Waals surface area contributed by atoms with Crippen molar-refractivity contribution in [3.63, 3.8) is 0 Å². The quantitative estimate of drug-likeness (QED) is 0.736. The third-order valence-electron chi connectivity index (χ3n) is 3.47. The smallest absolute Gasteiger partial charge is 0.269 e. The van der Waals surface area contributed by atoms with Gasteiger partial charge in [-0.3, -0.25) is 20.4 Å². The van der Waals surface area contributed by atoms with E-state index in [1.54, 1.807) is 24.3 Å². The first-order chi connectivity index (χ1) is 11.5. The molecular weight excluding hydrogens is 306 g/mol. The number of carbonyl (C=O) groups is 2. The van der Waals surface area contributed by atoms with E-state index in [1.165, 1.54) is 7.11 Å². The van der Waals surface area contributed by atoms with Gasteiger partial charge in [-0.05, 0) is 43.7 Å². The second kappa shape index (κ2) is 8.01. The average molecular weight is 327 g/mol. The Morgan fingerprint density at radius 2 is 1.83 bits per heavy atom. The molecule has 0 radical (unpaired) electrons. The van der Waals surface area contributed by atoms with Gasteiger partial charge in [0.15, 0.2) is 0 Å². The highest BCUT2D eigenvalue weighted by atomic mass is 16.5. The van der Waals surface area contributed by atoms with Crippen molar-refractivity contribution < 1.29 is 14.3 Å². The third kappa shape index (κ3) is 4.74. The van der Waals surface area contributed by atoms with Gasteiger partial charge in [0.1, 0.15) is 5.75 Å². The number of benzene rings is 2. The zero-order valence-corrected chi connectivity index (χ0v) is 14.0. The summed E-state index contributed by atoms with van der Waals surface area (Å²) in [6.07, 6.45) is 0. The lowest BCUT2D eigenvalue weighted by Crippen LogP contribution is -2.44. The van der Waals surface area contributed by atoms with Crippen LogP contribution in [0.15, 0.2) is 42.5 Å². The zero-order valence-electron chi connectivity index (χ0n) is 14.0. The van der Waals surface area contributed by atoms with Gasteiger partial charge in [-0.15, -0.1) is 0 Å². The number of hydrogen-bond acceptors (Lipinski definition) is 4. The van der Waals surface area contributed by atoms with Crippen molar-refractivity contribution in [3.05, 3.63) is 59.2 Å². The molecule has 0 aliphatic rings. The van der Waals surface area contributed by atoms with Crippen LogP contribution in [0.3, 0.4) is 0 Å². The van der Waals surface area contributed by atoms with E-state index in [2.05, 4.69) is 16.2 Å². The summed E-state index contributed by atoms with van der Waals surface area (Å²) in [6, 6.07) is 12.6. The molecule has 0 aliphatic carbocycles. The molecular formula is C18H21N3O3. The van der Waals surface area contributed by atoms with Crippen molar-refractivity contribution >= 4 is 17.5 Å². The van der Waals surface area contributed by atoms with Crippen LogP contribution >= 0.6 is 0 Å². The third-order valence-corrected chi connectivity index (χ3v) is 3.47. The molecule has 3 N–H and O–H groups in total. The van der Waals surface area contributed by atoms with Gasteiger partial charge in [-0.2, -0.15) is 0 Å². The van der Waals surface area contributed by atoms with Crippen LogP contribution in [0.2, 0.25) is 0 Å². The van der Waals surface area contributed by atoms with Crippen LogP contribution < -0.4 is 20.9 Å². The minimum Gasteiger partial charge on any atom is -0.497 e.